The van der Waals surface area contributed by atoms with Gasteiger partial charge >= 0.3 is 12.0 Å². The van der Waals surface area contributed by atoms with Crippen molar-refractivity contribution in [1.82, 2.24) is 20.3 Å². The Hall–Kier alpha value is -1.92. The molecule has 2 N–H and O–H groups in total. The Morgan fingerprint density at radius 2 is 2.00 bits per heavy atom. The normalized spacial score (nSPS) is 10.4. The lowest BCUT2D eigenvalue weighted by molar-refractivity contribution is 0.0689. The van der Waals surface area contributed by atoms with E-state index in [0.29, 0.717) is 0 Å². The molecule has 1 aromatic heterocycles. The predicted octanol–water partition coefficient (Wildman–Crippen LogP) is 0.251. The molecule has 0 atom stereocenters. The average molecular weight is 212 g/mol. The minimum atomic E-state index is -1.20. The Labute approximate surface area is 86.1 Å². The molecule has 0 bridgehead atoms. The van der Waals surface area contributed by atoms with Crippen LogP contribution in [0.25, 0.3) is 0 Å². The summed E-state index contributed by atoms with van der Waals surface area (Å²) >= 11 is 0. The number of aromatic nitrogens is 3. The van der Waals surface area contributed by atoms with Gasteiger partial charge in [0.15, 0.2) is 5.69 Å². The number of aromatic carboxylic acids is 1. The second kappa shape index (κ2) is 4.07. The van der Waals surface area contributed by atoms with Crippen LogP contribution in [0.2, 0.25) is 0 Å². The highest BCUT2D eigenvalue weighted by molar-refractivity contribution is 5.87. The molecule has 0 aliphatic carbocycles. The van der Waals surface area contributed by atoms with E-state index in [1.165, 1.54) is 6.92 Å². The summed E-state index contributed by atoms with van der Waals surface area (Å²) in [5, 5.41) is 18.5. The maximum atomic E-state index is 11.4. The predicted molar refractivity (Wildman–Crippen MR) is 50.8 cm³/mol. The van der Waals surface area contributed by atoms with Gasteiger partial charge in [0.05, 0.1) is 5.69 Å². The lowest BCUT2D eigenvalue weighted by atomic mass is 10.4. The third-order valence-corrected chi connectivity index (χ3v) is 1.58. The molecule has 1 amide bonds. The lowest BCUT2D eigenvalue weighted by Gasteiger charge is -2.05. The summed E-state index contributed by atoms with van der Waals surface area (Å²) in [7, 11) is 0. The summed E-state index contributed by atoms with van der Waals surface area (Å²) < 4.78 is 0. The minimum absolute atomic E-state index is 0.0583. The summed E-state index contributed by atoms with van der Waals surface area (Å²) in [5.74, 6) is -1.20. The Bertz CT molecular complexity index is 397. The van der Waals surface area contributed by atoms with E-state index in [9.17, 15) is 9.59 Å². The van der Waals surface area contributed by atoms with Crippen LogP contribution in [0, 0.1) is 6.92 Å². The molecule has 0 unspecified atom stereocenters. The van der Waals surface area contributed by atoms with E-state index in [1.54, 1.807) is 13.8 Å². The van der Waals surface area contributed by atoms with E-state index in [1.807, 2.05) is 0 Å². The number of amides is 1. The third-order valence-electron chi connectivity index (χ3n) is 1.58. The maximum Gasteiger partial charge on any atom is 0.359 e. The number of rotatable bonds is 2. The molecule has 0 spiro atoms. The largest absolute Gasteiger partial charge is 0.476 e. The Morgan fingerprint density at radius 1 is 1.40 bits per heavy atom. The first-order valence-corrected chi connectivity index (χ1v) is 4.40. The fourth-order valence-corrected chi connectivity index (χ4v) is 0.972. The molecule has 0 aliphatic rings. The first kappa shape index (κ1) is 11.2. The molecule has 0 aromatic carbocycles. The minimum Gasteiger partial charge on any atom is -0.476 e. The van der Waals surface area contributed by atoms with Crippen LogP contribution in [0.1, 0.15) is 30.0 Å². The van der Waals surface area contributed by atoms with Crippen LogP contribution in [0.15, 0.2) is 0 Å². The van der Waals surface area contributed by atoms with Gasteiger partial charge in [0.1, 0.15) is 0 Å². The van der Waals surface area contributed by atoms with Crippen LogP contribution in [0.5, 0.6) is 0 Å². The Balaban J connectivity index is 2.92. The number of carboxylic acid groups (broad SMARTS) is 1. The van der Waals surface area contributed by atoms with Gasteiger partial charge in [-0.2, -0.15) is 0 Å². The fraction of sp³-hybridized carbons (Fsp3) is 0.500. The highest BCUT2D eigenvalue weighted by Crippen LogP contribution is 2.00. The summed E-state index contributed by atoms with van der Waals surface area (Å²) in [6, 6.07) is -0.599. The second-order valence-electron chi connectivity index (χ2n) is 3.33. The van der Waals surface area contributed by atoms with Crippen molar-refractivity contribution < 1.29 is 14.7 Å². The number of nitrogens with one attached hydrogen (secondary N) is 1. The molecule has 0 radical (unpaired) electrons. The van der Waals surface area contributed by atoms with Gasteiger partial charge in [-0.05, 0) is 20.8 Å². The van der Waals surface area contributed by atoms with E-state index in [-0.39, 0.29) is 17.4 Å². The fourth-order valence-electron chi connectivity index (χ4n) is 0.972. The van der Waals surface area contributed by atoms with Gasteiger partial charge in [0.25, 0.3) is 0 Å². The molecule has 82 valence electrons. The Morgan fingerprint density at radius 3 is 2.40 bits per heavy atom. The standard InChI is InChI=1S/C8H12N4O3/c1-4(2)9-8(15)12-10-5(3)6(11-12)7(13)14/h4H,1-3H3,(H,9,15)(H,13,14). The van der Waals surface area contributed by atoms with Crippen LogP contribution in [-0.2, 0) is 0 Å². The van der Waals surface area contributed by atoms with Crippen molar-refractivity contribution >= 4 is 12.0 Å². The zero-order valence-corrected chi connectivity index (χ0v) is 8.68. The maximum absolute atomic E-state index is 11.4. The number of carbonyl (C=O) groups is 2. The van der Waals surface area contributed by atoms with Crippen LogP contribution in [-0.4, -0.2) is 38.1 Å². The monoisotopic (exact) mass is 212 g/mol. The second-order valence-corrected chi connectivity index (χ2v) is 3.33. The summed E-state index contributed by atoms with van der Waals surface area (Å²) in [4.78, 5) is 22.8. The highest BCUT2D eigenvalue weighted by Gasteiger charge is 2.17. The van der Waals surface area contributed by atoms with Gasteiger partial charge < -0.3 is 10.4 Å². The first-order chi connectivity index (χ1) is 6.91. The number of nitrogens with zero attached hydrogens (tertiary/aromatic N) is 3. The van der Waals surface area contributed by atoms with E-state index >= 15 is 0 Å². The van der Waals surface area contributed by atoms with Crippen molar-refractivity contribution in [3.05, 3.63) is 11.4 Å². The quantitative estimate of drug-likeness (QED) is 0.732. The molecule has 15 heavy (non-hydrogen) atoms. The molecular formula is C8H12N4O3. The third kappa shape index (κ3) is 2.52. The molecule has 1 heterocycles. The molecule has 1 aromatic rings. The molecule has 0 fully saturated rings. The SMILES string of the molecule is Cc1nn(C(=O)NC(C)C)nc1C(=O)O. The average Bonchev–Trinajstić information content (AvgIpc) is 2.46. The number of carboxylic acids is 1. The van der Waals surface area contributed by atoms with Crippen LogP contribution < -0.4 is 5.32 Å². The number of carbonyl (C=O) groups excluding carboxylic acids is 1. The zero-order valence-electron chi connectivity index (χ0n) is 8.68. The van der Waals surface area contributed by atoms with Crippen molar-refractivity contribution in [3.8, 4) is 0 Å². The molecule has 0 saturated carbocycles. The lowest BCUT2D eigenvalue weighted by Crippen LogP contribution is -2.35. The van der Waals surface area contributed by atoms with Gasteiger partial charge in [-0.3, -0.25) is 0 Å². The topological polar surface area (TPSA) is 97.1 Å². The number of aryl methyl sites for hydroxylation is 1. The number of hydrogen-bond acceptors (Lipinski definition) is 4. The smallest absolute Gasteiger partial charge is 0.359 e. The van der Waals surface area contributed by atoms with E-state index in [0.717, 1.165) is 4.80 Å². The van der Waals surface area contributed by atoms with Crippen molar-refractivity contribution in [1.29, 1.82) is 0 Å². The van der Waals surface area contributed by atoms with E-state index in [2.05, 4.69) is 15.5 Å². The molecule has 7 nitrogen and oxygen atoms in total. The summed E-state index contributed by atoms with van der Waals surface area (Å²) in [6.45, 7) is 5.05. The molecule has 0 saturated heterocycles. The van der Waals surface area contributed by atoms with Crippen LogP contribution in [0.4, 0.5) is 4.79 Å². The Kier molecular flexibility index (Phi) is 3.03. The summed E-state index contributed by atoms with van der Waals surface area (Å²) in [5.41, 5.74) is -0.00434. The van der Waals surface area contributed by atoms with Gasteiger partial charge in [0.2, 0.25) is 0 Å². The molecule has 1 rings (SSSR count). The van der Waals surface area contributed by atoms with Gasteiger partial charge in [-0.25, -0.2) is 9.59 Å². The van der Waals surface area contributed by atoms with Crippen molar-refractivity contribution in [2.75, 3.05) is 0 Å². The van der Waals surface area contributed by atoms with Crippen molar-refractivity contribution in [2.45, 2.75) is 26.8 Å². The molecule has 7 heteroatoms. The van der Waals surface area contributed by atoms with Crippen molar-refractivity contribution in [2.24, 2.45) is 0 Å². The van der Waals surface area contributed by atoms with Gasteiger partial charge in [-0.15, -0.1) is 10.2 Å². The van der Waals surface area contributed by atoms with Gasteiger partial charge in [-0.1, -0.05) is 4.80 Å². The van der Waals surface area contributed by atoms with E-state index < -0.39 is 12.0 Å². The number of hydrogen-bond donors (Lipinski definition) is 2. The van der Waals surface area contributed by atoms with Crippen LogP contribution >= 0.6 is 0 Å². The molecular weight excluding hydrogens is 200 g/mol. The van der Waals surface area contributed by atoms with Crippen LogP contribution in [0.3, 0.4) is 0 Å². The van der Waals surface area contributed by atoms with Gasteiger partial charge in [0, 0.05) is 6.04 Å². The van der Waals surface area contributed by atoms with E-state index in [4.69, 9.17) is 5.11 Å². The zero-order chi connectivity index (χ0) is 11.6. The highest BCUT2D eigenvalue weighted by atomic mass is 16.4. The molecule has 0 aliphatic heterocycles. The first-order valence-electron chi connectivity index (χ1n) is 4.40. The summed E-state index contributed by atoms with van der Waals surface area (Å²) in [6.07, 6.45) is 0. The van der Waals surface area contributed by atoms with Crippen molar-refractivity contribution in [3.63, 3.8) is 0 Å².